The molecule has 0 aliphatic rings. The van der Waals surface area contributed by atoms with E-state index in [2.05, 4.69) is 38.3 Å². The molecule has 0 aromatic rings. The average molecular weight is 367 g/mol. The Hall–Kier alpha value is 2.23. The Morgan fingerprint density at radius 2 is 1.00 bits per heavy atom. The second-order valence-electron chi connectivity index (χ2n) is 0.175. The van der Waals surface area contributed by atoms with Gasteiger partial charge in [0.1, 0.15) is 0 Å². The molecule has 0 nitrogen and oxygen atoms in total. The topological polar surface area (TPSA) is 0 Å². The zero-order chi connectivity index (χ0) is 3.58. The molecule has 0 fully saturated rings. The van der Waals surface area contributed by atoms with Gasteiger partial charge >= 0.3 is 51.2 Å². The molecular weight excluding hydrogens is 367 g/mol. The Morgan fingerprint density at radius 3 is 1.00 bits per heavy atom. The molecule has 0 aromatic heterocycles. The van der Waals surface area contributed by atoms with Crippen LogP contribution in [0.2, 0.25) is 0 Å². The number of halogens is 3. The maximum absolute atomic E-state index is 3.27. The zero-order valence-corrected chi connectivity index (χ0v) is 8.63. The van der Waals surface area contributed by atoms with Gasteiger partial charge in [-0.2, -0.15) is 0 Å². The Labute approximate surface area is 50.3 Å². The predicted molar refractivity (Wildman–Crippen MR) is 32.5 cm³/mol. The molecule has 0 radical (unpaired) electrons. The summed E-state index contributed by atoms with van der Waals surface area (Å²) in [5.74, 6) is 0. The summed E-state index contributed by atoms with van der Waals surface area (Å²) in [5, 5.41) is 0. The molecule has 0 spiro atoms. The third kappa shape index (κ3) is 8.87. The van der Waals surface area contributed by atoms with Crippen molar-refractivity contribution in [2.45, 2.75) is 0 Å². The van der Waals surface area contributed by atoms with Crippen LogP contribution in [0.25, 0.3) is 0 Å². The molecule has 0 bridgehead atoms. The predicted octanol–water partition coefficient (Wildman–Crippen LogP) is 2.16. The van der Waals surface area contributed by atoms with Crippen molar-refractivity contribution >= 4 is 51.2 Å². The van der Waals surface area contributed by atoms with Crippen LogP contribution in [-0.4, -0.2) is 12.9 Å². The molecule has 0 aliphatic heterocycles. The van der Waals surface area contributed by atoms with E-state index in [9.17, 15) is 0 Å². The third-order valence-electron chi connectivity index (χ3n) is 0. The minimum atomic E-state index is -0.919. The first kappa shape index (κ1) is 6.23. The zero-order valence-electron chi connectivity index (χ0n) is 1.54. The van der Waals surface area contributed by atoms with Gasteiger partial charge in [-0.15, -0.1) is 0 Å². The van der Waals surface area contributed by atoms with Crippen LogP contribution in [0.3, 0.4) is 0 Å². The van der Waals surface area contributed by atoms with Gasteiger partial charge in [-0.25, -0.2) is 0 Å². The van der Waals surface area contributed by atoms with Gasteiger partial charge in [-0.05, 0) is 0 Å². The fourth-order valence-electron chi connectivity index (χ4n) is 0. The van der Waals surface area contributed by atoms with Gasteiger partial charge in [0.05, 0.1) is 0 Å². The van der Waals surface area contributed by atoms with Gasteiger partial charge in [0.2, 0.25) is 0 Å². The fraction of sp³-hybridized carbons (Fsp3) is 0. The number of hydrogen-bond donors (Lipinski definition) is 0. The molecule has 0 saturated carbocycles. The molecular formula is Br3Te+. The van der Waals surface area contributed by atoms with E-state index in [1.54, 1.807) is 0 Å². The van der Waals surface area contributed by atoms with Crippen molar-refractivity contribution in [1.29, 1.82) is 0 Å². The van der Waals surface area contributed by atoms with E-state index in [1.807, 2.05) is 0 Å². The molecule has 0 atom stereocenters. The Morgan fingerprint density at radius 1 is 1.00 bits per heavy atom. The van der Waals surface area contributed by atoms with Crippen molar-refractivity contribution in [2.75, 3.05) is 0 Å². The van der Waals surface area contributed by atoms with Gasteiger partial charge in [0, 0.05) is 0 Å². The van der Waals surface area contributed by atoms with Crippen LogP contribution in [0.15, 0.2) is 0 Å². The van der Waals surface area contributed by atoms with Gasteiger partial charge in [0.25, 0.3) is 0 Å². The summed E-state index contributed by atoms with van der Waals surface area (Å²) < 4.78 is 0. The molecule has 26 valence electrons. The monoisotopic (exact) mass is 367 g/mol. The van der Waals surface area contributed by atoms with Crippen LogP contribution in [0, 0.1) is 0 Å². The molecule has 0 rings (SSSR count). The quantitative estimate of drug-likeness (QED) is 0.576. The van der Waals surface area contributed by atoms with E-state index in [0.717, 1.165) is 0 Å². The Kier molecular flexibility index (Phi) is 5.33. The van der Waals surface area contributed by atoms with E-state index in [-0.39, 0.29) is 0 Å². The first-order chi connectivity index (χ1) is 1.73. The van der Waals surface area contributed by atoms with Crippen LogP contribution in [0.5, 0.6) is 0 Å². The molecule has 0 heterocycles. The molecule has 0 aromatic carbocycles. The van der Waals surface area contributed by atoms with Crippen molar-refractivity contribution in [3.05, 3.63) is 0 Å². The molecule has 0 aliphatic carbocycles. The molecule has 0 unspecified atom stereocenters. The summed E-state index contributed by atoms with van der Waals surface area (Å²) in [7, 11) is 0. The van der Waals surface area contributed by atoms with Crippen molar-refractivity contribution in [1.82, 2.24) is 0 Å². The van der Waals surface area contributed by atoms with Gasteiger partial charge in [0.15, 0.2) is 0 Å². The van der Waals surface area contributed by atoms with Gasteiger partial charge in [-0.3, -0.25) is 0 Å². The maximum atomic E-state index is 3.27. The van der Waals surface area contributed by atoms with Crippen molar-refractivity contribution < 1.29 is 0 Å². The second kappa shape index (κ2) is 3.42. The Bertz CT molecular complexity index is 8.00. The SMILES string of the molecule is Br[Te+](Br)Br. The minimum absolute atomic E-state index is 0.919. The summed E-state index contributed by atoms with van der Waals surface area (Å²) in [6.45, 7) is 0. The third-order valence-corrected chi connectivity index (χ3v) is 0. The summed E-state index contributed by atoms with van der Waals surface area (Å²) in [6, 6.07) is 0. The summed E-state index contributed by atoms with van der Waals surface area (Å²) >= 11 is 8.90. The summed E-state index contributed by atoms with van der Waals surface area (Å²) in [5.41, 5.74) is 0. The van der Waals surface area contributed by atoms with Crippen LogP contribution in [0.4, 0.5) is 0 Å². The first-order valence-corrected chi connectivity index (χ1v) is 16.1. The summed E-state index contributed by atoms with van der Waals surface area (Å²) in [4.78, 5) is 0. The normalized spacial score (nSPS) is 9.00. The van der Waals surface area contributed by atoms with Crippen LogP contribution >= 0.6 is 38.3 Å². The molecule has 0 saturated heterocycles. The average Bonchev–Trinajstić information content (AvgIpc) is 0.811. The van der Waals surface area contributed by atoms with Crippen LogP contribution in [-0.2, 0) is 0 Å². The van der Waals surface area contributed by atoms with Crippen LogP contribution in [0.1, 0.15) is 0 Å². The number of rotatable bonds is 0. The van der Waals surface area contributed by atoms with E-state index >= 15 is 0 Å². The second-order valence-corrected chi connectivity index (χ2v) is 31.7. The Balaban J connectivity index is 2.32. The van der Waals surface area contributed by atoms with Crippen LogP contribution < -0.4 is 0 Å². The van der Waals surface area contributed by atoms with E-state index < -0.39 is 12.9 Å². The van der Waals surface area contributed by atoms with Crippen molar-refractivity contribution in [3.8, 4) is 0 Å². The molecule has 4 heteroatoms. The molecule has 4 heavy (non-hydrogen) atoms. The van der Waals surface area contributed by atoms with Gasteiger partial charge in [-0.1, -0.05) is 0 Å². The summed E-state index contributed by atoms with van der Waals surface area (Å²) in [6.07, 6.45) is 0. The standard InChI is InChI=1S/Br3Te/c1-4(2)3/q+1. The fourth-order valence-corrected chi connectivity index (χ4v) is 0. The van der Waals surface area contributed by atoms with E-state index in [0.29, 0.717) is 0 Å². The number of hydrogen-bond acceptors (Lipinski definition) is 0. The van der Waals surface area contributed by atoms with Gasteiger partial charge < -0.3 is 0 Å². The van der Waals surface area contributed by atoms with E-state index in [4.69, 9.17) is 0 Å². The molecule has 0 N–H and O–H groups in total. The molecule has 0 amide bonds. The first-order valence-electron chi connectivity index (χ1n) is 0.463. The van der Waals surface area contributed by atoms with Crippen molar-refractivity contribution in [3.63, 3.8) is 0 Å². The van der Waals surface area contributed by atoms with E-state index in [1.165, 1.54) is 0 Å². The van der Waals surface area contributed by atoms with Crippen molar-refractivity contribution in [2.24, 2.45) is 0 Å².